The molecule has 2 atom stereocenters. The van der Waals surface area contributed by atoms with Crippen molar-refractivity contribution in [3.8, 4) is 11.4 Å². The van der Waals surface area contributed by atoms with Gasteiger partial charge in [0, 0.05) is 30.7 Å². The van der Waals surface area contributed by atoms with Gasteiger partial charge in [0.15, 0.2) is 0 Å². The van der Waals surface area contributed by atoms with Crippen LogP contribution in [-0.2, 0) is 11.2 Å². The molecule has 3 heterocycles. The molecule has 0 N–H and O–H groups in total. The zero-order chi connectivity index (χ0) is 17.2. The maximum absolute atomic E-state index is 14.6. The number of hydrogen-bond donors (Lipinski definition) is 0. The van der Waals surface area contributed by atoms with Crippen LogP contribution in [0.2, 0.25) is 0 Å². The Morgan fingerprint density at radius 2 is 2.00 bits per heavy atom. The molecule has 1 aliphatic rings. The summed E-state index contributed by atoms with van der Waals surface area (Å²) >= 11 is 0. The molecule has 3 aromatic rings. The molecule has 0 spiro atoms. The van der Waals surface area contributed by atoms with Crippen molar-refractivity contribution in [2.45, 2.75) is 19.4 Å². The number of aromatic nitrogens is 3. The summed E-state index contributed by atoms with van der Waals surface area (Å²) < 4.78 is 22.4. The lowest BCUT2D eigenvalue weighted by molar-refractivity contribution is 0.181. The second-order valence-corrected chi connectivity index (χ2v) is 6.52. The molecule has 128 valence electrons. The Hall–Kier alpha value is -2.53. The van der Waals surface area contributed by atoms with Gasteiger partial charge in [-0.1, -0.05) is 12.1 Å². The van der Waals surface area contributed by atoms with Crippen molar-refractivity contribution in [3.05, 3.63) is 72.1 Å². The van der Waals surface area contributed by atoms with Crippen LogP contribution < -0.4 is 0 Å². The molecule has 1 aromatic carbocycles. The molecule has 1 saturated heterocycles. The number of hydrogen-bond acceptors (Lipinski definition) is 3. The van der Waals surface area contributed by atoms with Crippen LogP contribution in [0.15, 0.2) is 55.1 Å². The van der Waals surface area contributed by atoms with Crippen molar-refractivity contribution < 1.29 is 9.13 Å². The van der Waals surface area contributed by atoms with Crippen LogP contribution in [0, 0.1) is 18.7 Å². The van der Waals surface area contributed by atoms with Crippen LogP contribution in [0.5, 0.6) is 0 Å². The first-order chi connectivity index (χ1) is 12.2. The van der Waals surface area contributed by atoms with E-state index in [1.807, 2.05) is 36.8 Å². The van der Waals surface area contributed by atoms with Gasteiger partial charge >= 0.3 is 0 Å². The Labute approximate surface area is 146 Å². The molecule has 1 fully saturated rings. The van der Waals surface area contributed by atoms with Crippen LogP contribution >= 0.6 is 0 Å². The molecule has 4 nitrogen and oxygen atoms in total. The van der Waals surface area contributed by atoms with E-state index in [-0.39, 0.29) is 11.9 Å². The molecule has 2 aromatic heterocycles. The zero-order valence-corrected chi connectivity index (χ0v) is 14.1. The summed E-state index contributed by atoms with van der Waals surface area (Å²) in [5.74, 6) is 0.777. The van der Waals surface area contributed by atoms with Crippen molar-refractivity contribution >= 4 is 0 Å². The number of rotatable bonds is 4. The van der Waals surface area contributed by atoms with E-state index in [2.05, 4.69) is 14.5 Å². The summed E-state index contributed by atoms with van der Waals surface area (Å²) in [5.41, 5.74) is 2.40. The SMILES string of the molecule is Cc1cccc(-c2nccn2[C@@H]2COC[C@H]2Cc2ccncc2)c1F. The van der Waals surface area contributed by atoms with E-state index in [4.69, 9.17) is 4.74 Å². The van der Waals surface area contributed by atoms with Gasteiger partial charge in [-0.25, -0.2) is 9.37 Å². The fourth-order valence-electron chi connectivity index (χ4n) is 3.52. The molecule has 1 aliphatic heterocycles. The number of halogens is 1. The Kier molecular flexibility index (Phi) is 4.32. The van der Waals surface area contributed by atoms with Crippen molar-refractivity contribution in [1.29, 1.82) is 0 Å². The molecular formula is C20H20FN3O. The highest BCUT2D eigenvalue weighted by molar-refractivity contribution is 5.58. The maximum Gasteiger partial charge on any atom is 0.143 e. The first kappa shape index (κ1) is 16.0. The Morgan fingerprint density at radius 3 is 2.84 bits per heavy atom. The lowest BCUT2D eigenvalue weighted by Crippen LogP contribution is -2.20. The summed E-state index contributed by atoms with van der Waals surface area (Å²) in [6.07, 6.45) is 8.19. The summed E-state index contributed by atoms with van der Waals surface area (Å²) in [6.45, 7) is 3.09. The second kappa shape index (κ2) is 6.76. The lowest BCUT2D eigenvalue weighted by Gasteiger charge is -2.21. The minimum Gasteiger partial charge on any atom is -0.379 e. The number of benzene rings is 1. The highest BCUT2D eigenvalue weighted by Crippen LogP contribution is 2.33. The summed E-state index contributed by atoms with van der Waals surface area (Å²) in [7, 11) is 0. The third-order valence-corrected chi connectivity index (χ3v) is 4.87. The van der Waals surface area contributed by atoms with Gasteiger partial charge in [-0.15, -0.1) is 0 Å². The quantitative estimate of drug-likeness (QED) is 0.726. The standard InChI is InChI=1S/C20H20FN3O/c1-14-3-2-4-17(19(14)21)20-23-9-10-24(20)18-13-25-12-16(18)11-15-5-7-22-8-6-15/h2-10,16,18H,11-13H2,1H3/t16-,18-/m1/s1. The van der Waals surface area contributed by atoms with Gasteiger partial charge in [0.05, 0.1) is 24.8 Å². The highest BCUT2D eigenvalue weighted by atomic mass is 19.1. The minimum absolute atomic E-state index is 0.144. The largest absolute Gasteiger partial charge is 0.379 e. The first-order valence-electron chi connectivity index (χ1n) is 8.49. The van der Waals surface area contributed by atoms with E-state index in [0.29, 0.717) is 36.1 Å². The monoisotopic (exact) mass is 337 g/mol. The Morgan fingerprint density at radius 1 is 1.16 bits per heavy atom. The first-order valence-corrected chi connectivity index (χ1v) is 8.49. The van der Waals surface area contributed by atoms with Gasteiger partial charge in [-0.3, -0.25) is 4.98 Å². The van der Waals surface area contributed by atoms with Crippen LogP contribution in [0.3, 0.4) is 0 Å². The third kappa shape index (κ3) is 3.07. The smallest absolute Gasteiger partial charge is 0.143 e. The second-order valence-electron chi connectivity index (χ2n) is 6.52. The Bertz CT molecular complexity index is 862. The molecule has 0 aliphatic carbocycles. The average molecular weight is 337 g/mol. The fourth-order valence-corrected chi connectivity index (χ4v) is 3.52. The van der Waals surface area contributed by atoms with Gasteiger partial charge in [-0.05, 0) is 42.7 Å². The van der Waals surface area contributed by atoms with Crippen molar-refractivity contribution in [3.63, 3.8) is 0 Å². The predicted octanol–water partition coefficient (Wildman–Crippen LogP) is 3.82. The van der Waals surface area contributed by atoms with Gasteiger partial charge in [0.1, 0.15) is 11.6 Å². The van der Waals surface area contributed by atoms with Gasteiger partial charge in [-0.2, -0.15) is 0 Å². The molecule has 4 rings (SSSR count). The zero-order valence-electron chi connectivity index (χ0n) is 14.1. The van der Waals surface area contributed by atoms with Crippen LogP contribution in [0.25, 0.3) is 11.4 Å². The molecular weight excluding hydrogens is 317 g/mol. The number of nitrogens with zero attached hydrogens (tertiary/aromatic N) is 3. The van der Waals surface area contributed by atoms with Crippen molar-refractivity contribution in [1.82, 2.24) is 14.5 Å². The van der Waals surface area contributed by atoms with Gasteiger partial charge < -0.3 is 9.30 Å². The topological polar surface area (TPSA) is 39.9 Å². The van der Waals surface area contributed by atoms with E-state index in [0.717, 1.165) is 6.42 Å². The molecule has 0 bridgehead atoms. The predicted molar refractivity (Wildman–Crippen MR) is 93.6 cm³/mol. The molecule has 0 saturated carbocycles. The van der Waals surface area contributed by atoms with E-state index in [9.17, 15) is 4.39 Å². The van der Waals surface area contributed by atoms with Crippen LogP contribution in [0.1, 0.15) is 17.2 Å². The fraction of sp³-hybridized carbons (Fsp3) is 0.300. The van der Waals surface area contributed by atoms with Gasteiger partial charge in [0.2, 0.25) is 0 Å². The number of pyridine rings is 1. The van der Waals surface area contributed by atoms with Crippen LogP contribution in [0.4, 0.5) is 4.39 Å². The number of ether oxygens (including phenoxy) is 1. The minimum atomic E-state index is -0.209. The van der Waals surface area contributed by atoms with Crippen molar-refractivity contribution in [2.75, 3.05) is 13.2 Å². The number of imidazole rings is 1. The van der Waals surface area contributed by atoms with E-state index >= 15 is 0 Å². The summed E-state index contributed by atoms with van der Waals surface area (Å²) in [5, 5.41) is 0. The molecule has 0 unspecified atom stereocenters. The molecule has 5 heteroatoms. The summed E-state index contributed by atoms with van der Waals surface area (Å²) in [4.78, 5) is 8.50. The average Bonchev–Trinajstić information content (AvgIpc) is 3.27. The van der Waals surface area contributed by atoms with E-state index in [1.54, 1.807) is 25.3 Å². The molecule has 25 heavy (non-hydrogen) atoms. The van der Waals surface area contributed by atoms with E-state index in [1.165, 1.54) is 5.56 Å². The van der Waals surface area contributed by atoms with Crippen LogP contribution in [-0.4, -0.2) is 27.7 Å². The molecule has 0 amide bonds. The summed E-state index contributed by atoms with van der Waals surface area (Å²) in [6, 6.07) is 9.64. The normalized spacial score (nSPS) is 20.1. The van der Waals surface area contributed by atoms with Gasteiger partial charge in [0.25, 0.3) is 0 Å². The van der Waals surface area contributed by atoms with E-state index < -0.39 is 0 Å². The number of aryl methyl sites for hydroxylation is 1. The molecule has 0 radical (unpaired) electrons. The van der Waals surface area contributed by atoms with Crippen molar-refractivity contribution in [2.24, 2.45) is 5.92 Å². The lowest BCUT2D eigenvalue weighted by atomic mass is 9.95. The highest BCUT2D eigenvalue weighted by Gasteiger charge is 2.31. The Balaban J connectivity index is 1.66. The third-order valence-electron chi connectivity index (χ3n) is 4.87. The maximum atomic E-state index is 14.6.